The van der Waals surface area contributed by atoms with Crippen LogP contribution in [0.3, 0.4) is 0 Å². The Morgan fingerprint density at radius 3 is 2.50 bits per heavy atom. The van der Waals surface area contributed by atoms with Crippen LogP contribution in [-0.4, -0.2) is 17.9 Å². The summed E-state index contributed by atoms with van der Waals surface area (Å²) in [6.45, 7) is 5.03. The van der Waals surface area contributed by atoms with E-state index >= 15 is 0 Å². The predicted molar refractivity (Wildman–Crippen MR) is 47.5 cm³/mol. The highest BCUT2D eigenvalue weighted by molar-refractivity contribution is 5.66. The van der Waals surface area contributed by atoms with Gasteiger partial charge < -0.3 is 19.0 Å². The second-order valence-electron chi connectivity index (χ2n) is 2.68. The van der Waals surface area contributed by atoms with Gasteiger partial charge in [-0.3, -0.25) is 0 Å². The van der Waals surface area contributed by atoms with Crippen LogP contribution in [0.25, 0.3) is 0 Å². The van der Waals surface area contributed by atoms with E-state index in [1.165, 1.54) is 0 Å². The molecule has 0 amide bonds. The van der Waals surface area contributed by atoms with E-state index < -0.39 is 6.16 Å². The van der Waals surface area contributed by atoms with Gasteiger partial charge in [-0.25, -0.2) is 4.79 Å². The van der Waals surface area contributed by atoms with Gasteiger partial charge in [-0.2, -0.15) is 0 Å². The minimum Gasteiger partial charge on any atom is -0.502 e. The Labute approximate surface area is 81.2 Å². The van der Waals surface area contributed by atoms with Crippen molar-refractivity contribution in [3.63, 3.8) is 0 Å². The van der Waals surface area contributed by atoms with Gasteiger partial charge in [0.25, 0.3) is 0 Å². The van der Waals surface area contributed by atoms with Crippen LogP contribution in [0.4, 0.5) is 4.79 Å². The van der Waals surface area contributed by atoms with E-state index in [2.05, 4.69) is 4.74 Å². The van der Waals surface area contributed by atoms with Crippen molar-refractivity contribution in [3.8, 4) is 11.5 Å². The normalized spacial score (nSPS) is 9.93. The first kappa shape index (κ1) is 10.4. The van der Waals surface area contributed by atoms with Gasteiger partial charge in [-0.15, -0.1) is 0 Å². The number of rotatable bonds is 2. The molecule has 0 aliphatic carbocycles. The topological polar surface area (TPSA) is 68.9 Å². The molecule has 0 spiro atoms. The second kappa shape index (κ2) is 4.04. The third kappa shape index (κ3) is 1.99. The molecule has 0 fully saturated rings. The fraction of sp³-hybridized carbons (Fsp3) is 0.444. The lowest BCUT2D eigenvalue weighted by atomic mass is 10.4. The third-order valence-corrected chi connectivity index (χ3v) is 1.62. The summed E-state index contributed by atoms with van der Waals surface area (Å²) in [5.41, 5.74) is 0. The molecule has 5 nitrogen and oxygen atoms in total. The van der Waals surface area contributed by atoms with Gasteiger partial charge in [-0.05, 0) is 20.8 Å². The number of carbonyl (C=O) groups is 1. The quantitative estimate of drug-likeness (QED) is 0.740. The molecule has 5 heteroatoms. The number of aryl methyl sites for hydroxylation is 2. The number of hydrogen-bond acceptors (Lipinski definition) is 5. The highest BCUT2D eigenvalue weighted by Crippen LogP contribution is 2.35. The zero-order valence-electron chi connectivity index (χ0n) is 8.29. The monoisotopic (exact) mass is 200 g/mol. The van der Waals surface area contributed by atoms with Crippen LogP contribution < -0.4 is 4.74 Å². The smallest absolute Gasteiger partial charge is 0.502 e. The van der Waals surface area contributed by atoms with Gasteiger partial charge in [0.05, 0.1) is 6.61 Å². The summed E-state index contributed by atoms with van der Waals surface area (Å²) in [5.74, 6) is 0.492. The van der Waals surface area contributed by atoms with Gasteiger partial charge in [0.1, 0.15) is 11.5 Å². The lowest BCUT2D eigenvalue weighted by Gasteiger charge is -2.02. The van der Waals surface area contributed by atoms with E-state index in [-0.39, 0.29) is 18.1 Å². The first-order chi connectivity index (χ1) is 6.56. The molecule has 1 aromatic heterocycles. The van der Waals surface area contributed by atoms with Crippen molar-refractivity contribution < 1.29 is 23.8 Å². The first-order valence-corrected chi connectivity index (χ1v) is 4.19. The standard InChI is InChI=1S/C9H12O5/c1-4-12-9(11)14-8-6(3)13-5(2)7(8)10/h10H,4H2,1-3H3. The summed E-state index contributed by atoms with van der Waals surface area (Å²) in [4.78, 5) is 10.9. The molecule has 0 atom stereocenters. The van der Waals surface area contributed by atoms with Gasteiger partial charge in [-0.1, -0.05) is 0 Å². The fourth-order valence-electron chi connectivity index (χ4n) is 1.00. The number of aromatic hydroxyl groups is 1. The van der Waals surface area contributed by atoms with Crippen molar-refractivity contribution in [2.24, 2.45) is 0 Å². The Morgan fingerprint density at radius 1 is 1.43 bits per heavy atom. The molecule has 0 saturated heterocycles. The average Bonchev–Trinajstić information content (AvgIpc) is 2.33. The molecule has 0 aromatic carbocycles. The molecule has 0 unspecified atom stereocenters. The molecule has 0 saturated carbocycles. The maximum Gasteiger partial charge on any atom is 0.514 e. The van der Waals surface area contributed by atoms with E-state index in [4.69, 9.17) is 9.15 Å². The maximum absolute atomic E-state index is 10.9. The van der Waals surface area contributed by atoms with Gasteiger partial charge in [0.2, 0.25) is 11.5 Å². The summed E-state index contributed by atoms with van der Waals surface area (Å²) in [7, 11) is 0. The van der Waals surface area contributed by atoms with Crippen molar-refractivity contribution in [3.05, 3.63) is 11.5 Å². The molecule has 0 radical (unpaired) electrons. The molecule has 1 rings (SSSR count). The molecule has 1 N–H and O–H groups in total. The van der Waals surface area contributed by atoms with Crippen molar-refractivity contribution in [1.82, 2.24) is 0 Å². The number of hydrogen-bond donors (Lipinski definition) is 1. The van der Waals surface area contributed by atoms with E-state index in [9.17, 15) is 9.90 Å². The number of carbonyl (C=O) groups excluding carboxylic acids is 1. The minimum absolute atomic E-state index is 0.0148. The average molecular weight is 200 g/mol. The predicted octanol–water partition coefficient (Wildman–Crippen LogP) is 2.14. The molecular weight excluding hydrogens is 188 g/mol. The van der Waals surface area contributed by atoms with Crippen molar-refractivity contribution in [2.45, 2.75) is 20.8 Å². The lowest BCUT2D eigenvalue weighted by Crippen LogP contribution is -2.10. The van der Waals surface area contributed by atoms with Crippen LogP contribution in [0.15, 0.2) is 4.42 Å². The minimum atomic E-state index is -0.855. The summed E-state index contributed by atoms with van der Waals surface area (Å²) < 4.78 is 14.3. The van der Waals surface area contributed by atoms with Crippen LogP contribution in [0.2, 0.25) is 0 Å². The first-order valence-electron chi connectivity index (χ1n) is 4.19. The van der Waals surface area contributed by atoms with Crippen molar-refractivity contribution >= 4 is 6.16 Å². The fourth-order valence-corrected chi connectivity index (χ4v) is 1.00. The van der Waals surface area contributed by atoms with Gasteiger partial charge in [0.15, 0.2) is 0 Å². The number of furan rings is 1. The van der Waals surface area contributed by atoms with Crippen LogP contribution in [-0.2, 0) is 4.74 Å². The Balaban J connectivity index is 2.81. The van der Waals surface area contributed by atoms with E-state index in [1.807, 2.05) is 0 Å². The van der Waals surface area contributed by atoms with Crippen LogP contribution in [0.5, 0.6) is 11.5 Å². The molecule has 0 bridgehead atoms. The van der Waals surface area contributed by atoms with Crippen LogP contribution >= 0.6 is 0 Å². The molecule has 1 heterocycles. The summed E-state index contributed by atoms with van der Waals surface area (Å²) in [6, 6.07) is 0. The van der Waals surface area contributed by atoms with Crippen molar-refractivity contribution in [2.75, 3.05) is 6.61 Å². The van der Waals surface area contributed by atoms with E-state index in [1.54, 1.807) is 20.8 Å². The lowest BCUT2D eigenvalue weighted by molar-refractivity contribution is 0.102. The summed E-state index contributed by atoms with van der Waals surface area (Å²) in [6.07, 6.45) is -0.855. The van der Waals surface area contributed by atoms with E-state index in [0.29, 0.717) is 11.5 Å². The Bertz CT molecular complexity index is 339. The zero-order chi connectivity index (χ0) is 10.7. The third-order valence-electron chi connectivity index (χ3n) is 1.62. The highest BCUT2D eigenvalue weighted by atomic mass is 16.7. The second-order valence-corrected chi connectivity index (χ2v) is 2.68. The van der Waals surface area contributed by atoms with Gasteiger partial charge in [0, 0.05) is 0 Å². The highest BCUT2D eigenvalue weighted by Gasteiger charge is 2.19. The largest absolute Gasteiger partial charge is 0.514 e. The van der Waals surface area contributed by atoms with Gasteiger partial charge >= 0.3 is 6.16 Å². The number of ether oxygens (including phenoxy) is 2. The van der Waals surface area contributed by atoms with Crippen molar-refractivity contribution in [1.29, 1.82) is 0 Å². The molecule has 78 valence electrons. The molecule has 0 aliphatic rings. The maximum atomic E-state index is 10.9. The molecule has 1 aromatic rings. The zero-order valence-corrected chi connectivity index (χ0v) is 8.29. The Hall–Kier alpha value is -1.65. The molecular formula is C9H12O5. The van der Waals surface area contributed by atoms with E-state index in [0.717, 1.165) is 0 Å². The molecule has 0 aliphatic heterocycles. The summed E-state index contributed by atoms with van der Waals surface area (Å²) in [5, 5.41) is 9.41. The van der Waals surface area contributed by atoms with Crippen LogP contribution in [0.1, 0.15) is 18.4 Å². The Morgan fingerprint density at radius 2 is 2.07 bits per heavy atom. The summed E-state index contributed by atoms with van der Waals surface area (Å²) >= 11 is 0. The SMILES string of the molecule is CCOC(=O)Oc1c(C)oc(C)c1O. The molecule has 14 heavy (non-hydrogen) atoms. The van der Waals surface area contributed by atoms with Crippen LogP contribution in [0, 0.1) is 13.8 Å². The Kier molecular flexibility index (Phi) is 3.01.